The number of halogens is 1. The normalized spacial score (nSPS) is 12.7. The Balaban J connectivity index is 1.87. The molecular weight excluding hydrogens is 367 g/mol. The molecule has 0 saturated heterocycles. The van der Waals surface area contributed by atoms with Gasteiger partial charge in [0.2, 0.25) is 0 Å². The molecule has 3 heteroatoms. The minimum Gasteiger partial charge on any atom is -0.388 e. The summed E-state index contributed by atoms with van der Waals surface area (Å²) in [5.74, 6) is 0. The first-order valence-corrected chi connectivity index (χ1v) is 8.08. The molecule has 0 fully saturated rings. The smallest absolute Gasteiger partial charge is 0.0844 e. The molecule has 1 atom stereocenters. The van der Waals surface area contributed by atoms with E-state index in [0.717, 1.165) is 5.56 Å². The summed E-state index contributed by atoms with van der Waals surface area (Å²) in [4.78, 5) is 0. The monoisotopic (exact) mass is 380 g/mol. The minimum atomic E-state index is -0.434. The maximum atomic E-state index is 10.4. The molecule has 0 aliphatic rings. The lowest BCUT2D eigenvalue weighted by molar-refractivity contribution is 0.180. The van der Waals surface area contributed by atoms with Gasteiger partial charge in [-0.2, -0.15) is 0 Å². The Labute approximate surface area is 130 Å². The SMILES string of the molecule is OC(Cc1ccc(I)cc1)c1csc2ccccc12. The van der Waals surface area contributed by atoms with Gasteiger partial charge in [0.05, 0.1) is 6.10 Å². The zero-order chi connectivity index (χ0) is 13.2. The predicted octanol–water partition coefficient (Wildman–Crippen LogP) is 4.78. The van der Waals surface area contributed by atoms with Crippen molar-refractivity contribution in [2.45, 2.75) is 12.5 Å². The molecule has 3 aromatic rings. The molecule has 3 rings (SSSR count). The van der Waals surface area contributed by atoms with E-state index >= 15 is 0 Å². The Morgan fingerprint density at radius 2 is 1.79 bits per heavy atom. The summed E-state index contributed by atoms with van der Waals surface area (Å²) in [6, 6.07) is 16.6. The standard InChI is InChI=1S/C16H13IOS/c17-12-7-5-11(6-8-12)9-15(18)14-10-19-16-4-2-1-3-13(14)16/h1-8,10,15,18H,9H2. The fraction of sp³-hybridized carbons (Fsp3) is 0.125. The third-order valence-electron chi connectivity index (χ3n) is 3.21. The van der Waals surface area contributed by atoms with E-state index in [1.807, 2.05) is 12.1 Å². The molecule has 0 bridgehead atoms. The molecule has 1 heterocycles. The summed E-state index contributed by atoms with van der Waals surface area (Å²) in [6.07, 6.45) is 0.230. The van der Waals surface area contributed by atoms with Gasteiger partial charge in [-0.15, -0.1) is 11.3 Å². The van der Waals surface area contributed by atoms with Crippen LogP contribution in [0, 0.1) is 3.57 Å². The van der Waals surface area contributed by atoms with Crippen molar-refractivity contribution in [1.82, 2.24) is 0 Å². The lowest BCUT2D eigenvalue weighted by Crippen LogP contribution is -2.00. The average molecular weight is 380 g/mol. The molecule has 0 spiro atoms. The van der Waals surface area contributed by atoms with Gasteiger partial charge in [0.25, 0.3) is 0 Å². The number of benzene rings is 2. The second-order valence-corrected chi connectivity index (χ2v) is 6.69. The van der Waals surface area contributed by atoms with Gasteiger partial charge in [-0.25, -0.2) is 0 Å². The third-order valence-corrected chi connectivity index (χ3v) is 4.91. The lowest BCUT2D eigenvalue weighted by atomic mass is 10.0. The molecule has 1 aromatic heterocycles. The average Bonchev–Trinajstić information content (AvgIpc) is 2.85. The largest absolute Gasteiger partial charge is 0.388 e. The molecular formula is C16H13IOS. The zero-order valence-electron chi connectivity index (χ0n) is 10.2. The molecule has 96 valence electrons. The number of hydrogen-bond acceptors (Lipinski definition) is 2. The van der Waals surface area contributed by atoms with Crippen molar-refractivity contribution >= 4 is 44.0 Å². The van der Waals surface area contributed by atoms with Crippen molar-refractivity contribution in [1.29, 1.82) is 0 Å². The molecule has 1 nitrogen and oxygen atoms in total. The summed E-state index contributed by atoms with van der Waals surface area (Å²) in [7, 11) is 0. The van der Waals surface area contributed by atoms with Crippen LogP contribution in [0.1, 0.15) is 17.2 Å². The van der Waals surface area contributed by atoms with Gasteiger partial charge in [-0.05, 0) is 62.7 Å². The molecule has 19 heavy (non-hydrogen) atoms. The van der Waals surface area contributed by atoms with E-state index in [2.05, 4.69) is 64.4 Å². The molecule has 1 unspecified atom stereocenters. The lowest BCUT2D eigenvalue weighted by Gasteiger charge is -2.10. The quantitative estimate of drug-likeness (QED) is 0.649. The van der Waals surface area contributed by atoms with Crippen LogP contribution >= 0.6 is 33.9 Å². The molecule has 0 saturated carbocycles. The highest BCUT2D eigenvalue weighted by atomic mass is 127. The Kier molecular flexibility index (Phi) is 3.86. The van der Waals surface area contributed by atoms with E-state index in [-0.39, 0.29) is 0 Å². The molecule has 0 radical (unpaired) electrons. The maximum absolute atomic E-state index is 10.4. The topological polar surface area (TPSA) is 20.2 Å². The van der Waals surface area contributed by atoms with E-state index in [1.165, 1.54) is 19.2 Å². The maximum Gasteiger partial charge on any atom is 0.0844 e. The van der Waals surface area contributed by atoms with Gasteiger partial charge in [0.1, 0.15) is 0 Å². The van der Waals surface area contributed by atoms with Gasteiger partial charge in [-0.1, -0.05) is 30.3 Å². The highest BCUT2D eigenvalue weighted by Crippen LogP contribution is 2.31. The van der Waals surface area contributed by atoms with Crippen LogP contribution in [0.25, 0.3) is 10.1 Å². The van der Waals surface area contributed by atoms with Crippen molar-refractivity contribution in [2.24, 2.45) is 0 Å². The summed E-state index contributed by atoms with van der Waals surface area (Å²) >= 11 is 3.99. The molecule has 0 aliphatic heterocycles. The first-order valence-electron chi connectivity index (χ1n) is 6.12. The summed E-state index contributed by atoms with van der Waals surface area (Å²) < 4.78 is 2.45. The van der Waals surface area contributed by atoms with Gasteiger partial charge in [0.15, 0.2) is 0 Å². The first kappa shape index (κ1) is 13.1. The highest BCUT2D eigenvalue weighted by Gasteiger charge is 2.13. The van der Waals surface area contributed by atoms with Crippen LogP contribution in [-0.2, 0) is 6.42 Å². The van der Waals surface area contributed by atoms with Crippen LogP contribution in [0.3, 0.4) is 0 Å². The van der Waals surface area contributed by atoms with E-state index in [9.17, 15) is 5.11 Å². The number of thiophene rings is 1. The molecule has 2 aromatic carbocycles. The summed E-state index contributed by atoms with van der Waals surface area (Å²) in [6.45, 7) is 0. The van der Waals surface area contributed by atoms with Crippen molar-refractivity contribution < 1.29 is 5.11 Å². The van der Waals surface area contributed by atoms with Crippen molar-refractivity contribution in [3.63, 3.8) is 0 Å². The van der Waals surface area contributed by atoms with Crippen LogP contribution < -0.4 is 0 Å². The molecule has 1 N–H and O–H groups in total. The minimum absolute atomic E-state index is 0.434. The van der Waals surface area contributed by atoms with Crippen LogP contribution in [0.4, 0.5) is 0 Å². The van der Waals surface area contributed by atoms with Gasteiger partial charge in [-0.3, -0.25) is 0 Å². The van der Waals surface area contributed by atoms with E-state index < -0.39 is 6.10 Å². The Hall–Kier alpha value is -0.910. The van der Waals surface area contributed by atoms with Crippen molar-refractivity contribution in [3.05, 3.63) is 68.6 Å². The highest BCUT2D eigenvalue weighted by molar-refractivity contribution is 14.1. The van der Waals surface area contributed by atoms with E-state index in [0.29, 0.717) is 6.42 Å². The Bertz CT molecular complexity index is 687. The third kappa shape index (κ3) is 2.83. The van der Waals surface area contributed by atoms with Crippen molar-refractivity contribution in [2.75, 3.05) is 0 Å². The van der Waals surface area contributed by atoms with E-state index in [4.69, 9.17) is 0 Å². The number of rotatable bonds is 3. The summed E-state index contributed by atoms with van der Waals surface area (Å²) in [5.41, 5.74) is 2.21. The number of fused-ring (bicyclic) bond motifs is 1. The summed E-state index contributed by atoms with van der Waals surface area (Å²) in [5, 5.41) is 13.7. The second kappa shape index (κ2) is 5.61. The Morgan fingerprint density at radius 3 is 2.58 bits per heavy atom. The number of aliphatic hydroxyl groups excluding tert-OH is 1. The van der Waals surface area contributed by atoms with E-state index in [1.54, 1.807) is 11.3 Å². The predicted molar refractivity (Wildman–Crippen MR) is 89.6 cm³/mol. The Morgan fingerprint density at radius 1 is 1.05 bits per heavy atom. The van der Waals surface area contributed by atoms with Crippen molar-refractivity contribution in [3.8, 4) is 0 Å². The van der Waals surface area contributed by atoms with Crippen LogP contribution in [0.15, 0.2) is 53.9 Å². The second-order valence-electron chi connectivity index (χ2n) is 4.53. The van der Waals surface area contributed by atoms with Crippen LogP contribution in [0.5, 0.6) is 0 Å². The van der Waals surface area contributed by atoms with Gasteiger partial charge >= 0.3 is 0 Å². The number of aliphatic hydroxyl groups is 1. The van der Waals surface area contributed by atoms with Gasteiger partial charge in [0, 0.05) is 14.7 Å². The van der Waals surface area contributed by atoms with Crippen LogP contribution in [0.2, 0.25) is 0 Å². The number of hydrogen-bond donors (Lipinski definition) is 1. The first-order chi connectivity index (χ1) is 9.24. The zero-order valence-corrected chi connectivity index (χ0v) is 13.2. The fourth-order valence-corrected chi connectivity index (χ4v) is 3.58. The molecule has 0 amide bonds. The van der Waals surface area contributed by atoms with Gasteiger partial charge < -0.3 is 5.11 Å². The fourth-order valence-electron chi connectivity index (χ4n) is 2.21. The molecule has 0 aliphatic carbocycles. The van der Waals surface area contributed by atoms with Crippen LogP contribution in [-0.4, -0.2) is 5.11 Å².